The van der Waals surface area contributed by atoms with Crippen LogP contribution in [-0.4, -0.2) is 24.0 Å². The standard InChI is InChI=1S/C15H23N3O/c1-3-15(8-5-9-15)11-18-14(19)13-7-6-12(10-17-13)16-4-2/h6-7,10,16H,3-5,8-9,11H2,1-2H3,(H,18,19). The van der Waals surface area contributed by atoms with E-state index < -0.39 is 0 Å². The summed E-state index contributed by atoms with van der Waals surface area (Å²) in [6.07, 6.45) is 6.60. The van der Waals surface area contributed by atoms with Crippen LogP contribution in [0.15, 0.2) is 18.3 Å². The summed E-state index contributed by atoms with van der Waals surface area (Å²) < 4.78 is 0. The summed E-state index contributed by atoms with van der Waals surface area (Å²) in [7, 11) is 0. The first-order valence-electron chi connectivity index (χ1n) is 7.17. The molecule has 2 rings (SSSR count). The molecule has 0 aromatic carbocycles. The van der Waals surface area contributed by atoms with Crippen LogP contribution in [-0.2, 0) is 0 Å². The monoisotopic (exact) mass is 261 g/mol. The van der Waals surface area contributed by atoms with E-state index >= 15 is 0 Å². The lowest BCUT2D eigenvalue weighted by Gasteiger charge is -2.41. The Morgan fingerprint density at radius 1 is 1.37 bits per heavy atom. The average molecular weight is 261 g/mol. The molecule has 0 aliphatic heterocycles. The summed E-state index contributed by atoms with van der Waals surface area (Å²) in [4.78, 5) is 16.2. The van der Waals surface area contributed by atoms with E-state index in [2.05, 4.69) is 22.5 Å². The summed E-state index contributed by atoms with van der Waals surface area (Å²) >= 11 is 0. The Kier molecular flexibility index (Phi) is 4.40. The number of amides is 1. The summed E-state index contributed by atoms with van der Waals surface area (Å²) in [5.41, 5.74) is 1.79. The third kappa shape index (κ3) is 3.25. The molecule has 4 heteroatoms. The first-order chi connectivity index (χ1) is 9.19. The first-order valence-corrected chi connectivity index (χ1v) is 7.17. The highest BCUT2D eigenvalue weighted by Gasteiger charge is 2.35. The molecule has 0 bridgehead atoms. The van der Waals surface area contributed by atoms with Crippen LogP contribution in [0.2, 0.25) is 0 Å². The Morgan fingerprint density at radius 3 is 2.63 bits per heavy atom. The third-order valence-electron chi connectivity index (χ3n) is 4.17. The highest BCUT2D eigenvalue weighted by Crippen LogP contribution is 2.43. The van der Waals surface area contributed by atoms with Crippen molar-refractivity contribution in [3.05, 3.63) is 24.0 Å². The van der Waals surface area contributed by atoms with Crippen molar-refractivity contribution in [3.63, 3.8) is 0 Å². The number of hydrogen-bond donors (Lipinski definition) is 2. The number of nitrogens with one attached hydrogen (secondary N) is 2. The fourth-order valence-corrected chi connectivity index (χ4v) is 2.53. The van der Waals surface area contributed by atoms with Crippen molar-refractivity contribution in [3.8, 4) is 0 Å². The average Bonchev–Trinajstić information content (AvgIpc) is 2.39. The Morgan fingerprint density at radius 2 is 2.16 bits per heavy atom. The lowest BCUT2D eigenvalue weighted by atomic mass is 9.67. The van der Waals surface area contributed by atoms with Crippen molar-refractivity contribution < 1.29 is 4.79 Å². The van der Waals surface area contributed by atoms with Crippen LogP contribution >= 0.6 is 0 Å². The zero-order valence-corrected chi connectivity index (χ0v) is 11.8. The molecule has 0 radical (unpaired) electrons. The molecule has 0 atom stereocenters. The maximum atomic E-state index is 12.0. The molecule has 4 nitrogen and oxygen atoms in total. The molecule has 0 spiro atoms. The molecular weight excluding hydrogens is 238 g/mol. The Hall–Kier alpha value is -1.58. The Bertz CT molecular complexity index is 418. The molecule has 104 valence electrons. The van der Waals surface area contributed by atoms with Gasteiger partial charge in [0.1, 0.15) is 5.69 Å². The van der Waals surface area contributed by atoms with E-state index in [1.54, 1.807) is 12.3 Å². The number of carbonyl (C=O) groups is 1. The van der Waals surface area contributed by atoms with Gasteiger partial charge in [-0.2, -0.15) is 0 Å². The summed E-state index contributed by atoms with van der Waals surface area (Å²) in [6, 6.07) is 3.66. The van der Waals surface area contributed by atoms with Crippen molar-refractivity contribution in [1.29, 1.82) is 0 Å². The van der Waals surface area contributed by atoms with E-state index in [4.69, 9.17) is 0 Å². The van der Waals surface area contributed by atoms with Crippen LogP contribution in [0.4, 0.5) is 5.69 Å². The molecule has 1 amide bonds. The molecule has 2 N–H and O–H groups in total. The lowest BCUT2D eigenvalue weighted by Crippen LogP contribution is -2.41. The highest BCUT2D eigenvalue weighted by atomic mass is 16.1. The van der Waals surface area contributed by atoms with Crippen LogP contribution in [0.5, 0.6) is 0 Å². The van der Waals surface area contributed by atoms with Gasteiger partial charge in [-0.15, -0.1) is 0 Å². The minimum atomic E-state index is -0.0669. The van der Waals surface area contributed by atoms with Gasteiger partial charge < -0.3 is 10.6 Å². The molecule has 1 fully saturated rings. The predicted molar refractivity (Wildman–Crippen MR) is 77.3 cm³/mol. The number of aromatic nitrogens is 1. The minimum absolute atomic E-state index is 0.0669. The topological polar surface area (TPSA) is 54.0 Å². The van der Waals surface area contributed by atoms with Gasteiger partial charge in [0.2, 0.25) is 0 Å². The van der Waals surface area contributed by atoms with Gasteiger partial charge in [-0.1, -0.05) is 13.3 Å². The van der Waals surface area contributed by atoms with E-state index in [-0.39, 0.29) is 5.91 Å². The van der Waals surface area contributed by atoms with Crippen molar-refractivity contribution in [2.75, 3.05) is 18.4 Å². The molecule has 0 unspecified atom stereocenters. The van der Waals surface area contributed by atoms with Gasteiger partial charge in [0, 0.05) is 13.1 Å². The van der Waals surface area contributed by atoms with Gasteiger partial charge in [0.25, 0.3) is 5.91 Å². The Labute approximate surface area is 115 Å². The second-order valence-corrected chi connectivity index (χ2v) is 5.35. The van der Waals surface area contributed by atoms with Crippen LogP contribution in [0.25, 0.3) is 0 Å². The van der Waals surface area contributed by atoms with Crippen LogP contribution in [0.1, 0.15) is 50.0 Å². The zero-order valence-electron chi connectivity index (χ0n) is 11.8. The largest absolute Gasteiger partial charge is 0.384 e. The van der Waals surface area contributed by atoms with E-state index in [1.807, 2.05) is 13.0 Å². The molecule has 1 aromatic heterocycles. The zero-order chi connectivity index (χ0) is 13.7. The molecule has 19 heavy (non-hydrogen) atoms. The minimum Gasteiger partial charge on any atom is -0.384 e. The highest BCUT2D eigenvalue weighted by molar-refractivity contribution is 5.92. The van der Waals surface area contributed by atoms with Crippen LogP contribution < -0.4 is 10.6 Å². The molecule has 1 aromatic rings. The fourth-order valence-electron chi connectivity index (χ4n) is 2.53. The quantitative estimate of drug-likeness (QED) is 0.828. The van der Waals surface area contributed by atoms with E-state index in [1.165, 1.54) is 19.3 Å². The van der Waals surface area contributed by atoms with Gasteiger partial charge >= 0.3 is 0 Å². The fraction of sp³-hybridized carbons (Fsp3) is 0.600. The van der Waals surface area contributed by atoms with Gasteiger partial charge in [-0.25, -0.2) is 4.98 Å². The SMILES string of the molecule is CCNc1ccc(C(=O)NCC2(CC)CCC2)nc1. The van der Waals surface area contributed by atoms with Crippen molar-refractivity contribution >= 4 is 11.6 Å². The second-order valence-electron chi connectivity index (χ2n) is 5.35. The maximum absolute atomic E-state index is 12.0. The van der Waals surface area contributed by atoms with E-state index in [0.29, 0.717) is 11.1 Å². The summed E-state index contributed by atoms with van der Waals surface area (Å²) in [5, 5.41) is 6.19. The third-order valence-corrected chi connectivity index (χ3v) is 4.17. The first kappa shape index (κ1) is 13.8. The van der Waals surface area contributed by atoms with Gasteiger partial charge in [0.15, 0.2) is 0 Å². The summed E-state index contributed by atoms with van der Waals surface area (Å²) in [5.74, 6) is -0.0669. The van der Waals surface area contributed by atoms with E-state index in [0.717, 1.165) is 25.2 Å². The summed E-state index contributed by atoms with van der Waals surface area (Å²) in [6.45, 7) is 5.86. The van der Waals surface area contributed by atoms with Crippen molar-refractivity contribution in [1.82, 2.24) is 10.3 Å². The van der Waals surface area contributed by atoms with Crippen molar-refractivity contribution in [2.45, 2.75) is 39.5 Å². The molecular formula is C15H23N3O. The Balaban J connectivity index is 1.89. The normalized spacial score (nSPS) is 16.5. The maximum Gasteiger partial charge on any atom is 0.269 e. The van der Waals surface area contributed by atoms with E-state index in [9.17, 15) is 4.79 Å². The molecule has 0 saturated heterocycles. The lowest BCUT2D eigenvalue weighted by molar-refractivity contribution is 0.0845. The molecule has 1 saturated carbocycles. The predicted octanol–water partition coefficient (Wildman–Crippen LogP) is 2.82. The van der Waals surface area contributed by atoms with Crippen molar-refractivity contribution in [2.24, 2.45) is 5.41 Å². The smallest absolute Gasteiger partial charge is 0.269 e. The number of hydrogen-bond acceptors (Lipinski definition) is 3. The number of pyridine rings is 1. The molecule has 1 aliphatic carbocycles. The second kappa shape index (κ2) is 6.04. The molecule has 1 heterocycles. The number of nitrogens with zero attached hydrogens (tertiary/aromatic N) is 1. The van der Waals surface area contributed by atoms with Crippen LogP contribution in [0.3, 0.4) is 0 Å². The van der Waals surface area contributed by atoms with Gasteiger partial charge in [-0.3, -0.25) is 4.79 Å². The van der Waals surface area contributed by atoms with Crippen LogP contribution in [0, 0.1) is 5.41 Å². The molecule has 1 aliphatic rings. The number of rotatable bonds is 6. The van der Waals surface area contributed by atoms with Gasteiger partial charge in [0.05, 0.1) is 11.9 Å². The van der Waals surface area contributed by atoms with Gasteiger partial charge in [-0.05, 0) is 43.7 Å². The number of anilines is 1. The number of carbonyl (C=O) groups excluding carboxylic acids is 1.